The average Bonchev–Trinajstić information content (AvgIpc) is 2.78. The molecule has 3 aromatic rings. The van der Waals surface area contributed by atoms with Gasteiger partial charge in [-0.25, -0.2) is 0 Å². The van der Waals surface area contributed by atoms with E-state index in [1.807, 2.05) is 43.3 Å². The topological polar surface area (TPSA) is 62.6 Å². The number of rotatable bonds is 6. The summed E-state index contributed by atoms with van der Waals surface area (Å²) in [6, 6.07) is 21.2. The van der Waals surface area contributed by atoms with E-state index < -0.39 is 0 Å². The number of pyridine rings is 1. The fourth-order valence-electron chi connectivity index (χ4n) is 4.40. The predicted octanol–water partition coefficient (Wildman–Crippen LogP) is 3.67. The number of Topliss-reactive ketones (excluding diaryl/α,β-unsaturated/α-hetero) is 1. The number of benzene rings is 2. The van der Waals surface area contributed by atoms with Gasteiger partial charge < -0.3 is 4.90 Å². The minimum absolute atomic E-state index is 0.0206. The number of amides is 1. The van der Waals surface area contributed by atoms with Crippen LogP contribution in [-0.2, 0) is 4.79 Å². The van der Waals surface area contributed by atoms with Gasteiger partial charge in [-0.05, 0) is 31.9 Å². The molecule has 0 saturated heterocycles. The summed E-state index contributed by atoms with van der Waals surface area (Å²) < 4.78 is 1.81. The Morgan fingerprint density at radius 1 is 0.938 bits per heavy atom. The molecular formula is C26H27N3O3. The number of fused-ring (bicyclic) bond motifs is 1. The van der Waals surface area contributed by atoms with Gasteiger partial charge in [0.15, 0.2) is 5.43 Å². The number of ketones is 1. The number of aromatic nitrogens is 1. The van der Waals surface area contributed by atoms with Crippen molar-refractivity contribution >= 4 is 11.7 Å². The number of hydrogen-bond donors (Lipinski definition) is 0. The van der Waals surface area contributed by atoms with E-state index in [-0.39, 0.29) is 42.3 Å². The Morgan fingerprint density at radius 2 is 1.50 bits per heavy atom. The van der Waals surface area contributed by atoms with E-state index in [1.54, 1.807) is 22.7 Å². The van der Waals surface area contributed by atoms with E-state index in [2.05, 4.69) is 29.3 Å². The molecule has 4 rings (SSSR count). The summed E-state index contributed by atoms with van der Waals surface area (Å²) in [7, 11) is 0. The molecule has 1 unspecified atom stereocenters. The molecule has 6 heteroatoms. The van der Waals surface area contributed by atoms with Crippen LogP contribution in [0.15, 0.2) is 77.7 Å². The highest BCUT2D eigenvalue weighted by molar-refractivity contribution is 5.95. The molecule has 6 nitrogen and oxygen atoms in total. The molecule has 32 heavy (non-hydrogen) atoms. The van der Waals surface area contributed by atoms with Crippen LogP contribution in [0.1, 0.15) is 53.5 Å². The second kappa shape index (κ2) is 8.83. The van der Waals surface area contributed by atoms with Crippen molar-refractivity contribution in [1.82, 2.24) is 9.58 Å². The van der Waals surface area contributed by atoms with Crippen LogP contribution in [0, 0.1) is 6.92 Å². The summed E-state index contributed by atoms with van der Waals surface area (Å²) in [6.07, 6.45) is 1.94. The maximum absolute atomic E-state index is 13.5. The summed E-state index contributed by atoms with van der Waals surface area (Å²) in [5.74, 6) is -0.211. The molecule has 0 bridgehead atoms. The molecule has 1 aliphatic heterocycles. The van der Waals surface area contributed by atoms with Crippen LogP contribution in [0.5, 0.6) is 0 Å². The highest BCUT2D eigenvalue weighted by atomic mass is 16.2. The van der Waals surface area contributed by atoms with E-state index in [9.17, 15) is 14.4 Å². The van der Waals surface area contributed by atoms with E-state index >= 15 is 0 Å². The maximum atomic E-state index is 13.5. The van der Waals surface area contributed by atoms with Crippen molar-refractivity contribution < 1.29 is 9.59 Å². The maximum Gasteiger partial charge on any atom is 0.274 e. The number of carbonyl (C=O) groups is 2. The zero-order chi connectivity index (χ0) is 22.8. The lowest BCUT2D eigenvalue weighted by Crippen LogP contribution is -2.58. The molecular weight excluding hydrogens is 402 g/mol. The van der Waals surface area contributed by atoms with Crippen LogP contribution < -0.4 is 10.4 Å². The number of nitrogens with zero attached hydrogens (tertiary/aromatic N) is 3. The average molecular weight is 430 g/mol. The largest absolute Gasteiger partial charge is 0.315 e. The van der Waals surface area contributed by atoms with Crippen molar-refractivity contribution in [2.24, 2.45) is 0 Å². The third kappa shape index (κ3) is 3.96. The van der Waals surface area contributed by atoms with Crippen molar-refractivity contribution in [3.05, 3.63) is 106 Å². The van der Waals surface area contributed by atoms with Gasteiger partial charge in [-0.15, -0.1) is 0 Å². The molecule has 1 amide bonds. The monoisotopic (exact) mass is 429 g/mol. The van der Waals surface area contributed by atoms with Crippen LogP contribution in [-0.4, -0.2) is 34.0 Å². The fraction of sp³-hybridized carbons (Fsp3) is 0.269. The SMILES string of the molecule is CC(=O)CC(C)N1CN(C(c2ccccc2)c2ccccc2)n2ccc(=O)c(C)c2C1=O. The molecule has 0 saturated carbocycles. The third-order valence-corrected chi connectivity index (χ3v) is 6.00. The van der Waals surface area contributed by atoms with E-state index in [0.717, 1.165) is 11.1 Å². The molecule has 164 valence electrons. The summed E-state index contributed by atoms with van der Waals surface area (Å²) in [5, 5.41) is 2.09. The van der Waals surface area contributed by atoms with Gasteiger partial charge in [-0.2, -0.15) is 0 Å². The van der Waals surface area contributed by atoms with Gasteiger partial charge in [0.2, 0.25) is 0 Å². The van der Waals surface area contributed by atoms with Gasteiger partial charge >= 0.3 is 0 Å². The van der Waals surface area contributed by atoms with Crippen molar-refractivity contribution in [2.75, 3.05) is 11.7 Å². The standard InChI is InChI=1S/C26H27N3O3/c1-18(16-19(2)30)27-17-29(28-15-14-23(31)20(3)24(28)26(27)32)25(21-10-6-4-7-11-21)22-12-8-5-9-13-22/h4-15,18,25H,16-17H2,1-3H3. The lowest BCUT2D eigenvalue weighted by molar-refractivity contribution is -0.117. The quantitative estimate of drug-likeness (QED) is 0.600. The molecule has 1 atom stereocenters. The molecule has 0 N–H and O–H groups in total. The predicted molar refractivity (Wildman–Crippen MR) is 124 cm³/mol. The summed E-state index contributed by atoms with van der Waals surface area (Å²) in [5.41, 5.74) is 2.70. The first-order valence-corrected chi connectivity index (χ1v) is 10.8. The Labute approximate surface area is 187 Å². The second-order valence-electron chi connectivity index (χ2n) is 8.33. The zero-order valence-electron chi connectivity index (χ0n) is 18.6. The Morgan fingerprint density at radius 3 is 2.03 bits per heavy atom. The smallest absolute Gasteiger partial charge is 0.274 e. The molecule has 1 aromatic heterocycles. The van der Waals surface area contributed by atoms with Crippen LogP contribution >= 0.6 is 0 Å². The van der Waals surface area contributed by atoms with Crippen molar-refractivity contribution in [2.45, 2.75) is 39.3 Å². The van der Waals surface area contributed by atoms with E-state index in [4.69, 9.17) is 0 Å². The van der Waals surface area contributed by atoms with Crippen LogP contribution in [0.4, 0.5) is 0 Å². The Kier molecular flexibility index (Phi) is 5.95. The highest BCUT2D eigenvalue weighted by Gasteiger charge is 2.37. The molecule has 0 aliphatic carbocycles. The Bertz CT molecular complexity index is 1150. The Balaban J connectivity index is 1.92. The van der Waals surface area contributed by atoms with Crippen molar-refractivity contribution in [3.63, 3.8) is 0 Å². The first kappa shape index (κ1) is 21.6. The third-order valence-electron chi connectivity index (χ3n) is 6.00. The molecule has 2 aromatic carbocycles. The summed E-state index contributed by atoms with van der Waals surface area (Å²) in [4.78, 5) is 39.5. The minimum Gasteiger partial charge on any atom is -0.315 e. The number of hydrogen-bond acceptors (Lipinski definition) is 4. The lowest BCUT2D eigenvalue weighted by atomic mass is 9.97. The van der Waals surface area contributed by atoms with Gasteiger partial charge in [-0.3, -0.25) is 24.1 Å². The van der Waals surface area contributed by atoms with Gasteiger partial charge in [0.1, 0.15) is 18.1 Å². The molecule has 1 aliphatic rings. The van der Waals surface area contributed by atoms with E-state index in [1.165, 1.54) is 13.0 Å². The summed E-state index contributed by atoms with van der Waals surface area (Å²) >= 11 is 0. The fourth-order valence-corrected chi connectivity index (χ4v) is 4.40. The van der Waals surface area contributed by atoms with Gasteiger partial charge in [0.25, 0.3) is 5.91 Å². The van der Waals surface area contributed by atoms with Crippen LogP contribution in [0.25, 0.3) is 0 Å². The summed E-state index contributed by atoms with van der Waals surface area (Å²) in [6.45, 7) is 5.38. The van der Waals surface area contributed by atoms with Crippen LogP contribution in [0.3, 0.4) is 0 Å². The first-order valence-electron chi connectivity index (χ1n) is 10.8. The Hall–Kier alpha value is -3.67. The van der Waals surface area contributed by atoms with Gasteiger partial charge in [0, 0.05) is 30.3 Å². The first-order chi connectivity index (χ1) is 15.4. The second-order valence-corrected chi connectivity index (χ2v) is 8.33. The van der Waals surface area contributed by atoms with Crippen molar-refractivity contribution in [3.8, 4) is 0 Å². The van der Waals surface area contributed by atoms with Crippen molar-refractivity contribution in [1.29, 1.82) is 0 Å². The molecule has 2 heterocycles. The van der Waals surface area contributed by atoms with E-state index in [0.29, 0.717) is 11.3 Å². The normalized spacial score (nSPS) is 14.4. The zero-order valence-corrected chi connectivity index (χ0v) is 18.6. The van der Waals surface area contributed by atoms with Crippen LogP contribution in [0.2, 0.25) is 0 Å². The minimum atomic E-state index is -0.293. The highest BCUT2D eigenvalue weighted by Crippen LogP contribution is 2.31. The lowest BCUT2D eigenvalue weighted by Gasteiger charge is -2.46. The molecule has 0 radical (unpaired) electrons. The van der Waals surface area contributed by atoms with Gasteiger partial charge in [-0.1, -0.05) is 60.7 Å². The molecule has 0 fully saturated rings. The van der Waals surface area contributed by atoms with Gasteiger partial charge in [0.05, 0.1) is 6.04 Å². The number of carbonyl (C=O) groups excluding carboxylic acids is 2. The molecule has 0 spiro atoms.